The van der Waals surface area contributed by atoms with Crippen molar-refractivity contribution in [1.29, 1.82) is 0 Å². The van der Waals surface area contributed by atoms with Crippen LogP contribution in [0.15, 0.2) is 47.1 Å². The van der Waals surface area contributed by atoms with Gasteiger partial charge < -0.3 is 15.1 Å². The summed E-state index contributed by atoms with van der Waals surface area (Å²) in [7, 11) is 0. The quantitative estimate of drug-likeness (QED) is 0.415. The number of carbonyl (C=O) groups is 2. The normalized spacial score (nSPS) is 11.5. The lowest BCUT2D eigenvalue weighted by Gasteiger charge is -2.16. The maximum Gasteiger partial charge on any atom is 0.291 e. The predicted molar refractivity (Wildman–Crippen MR) is 130 cm³/mol. The number of rotatable bonds is 5. The van der Waals surface area contributed by atoms with Crippen molar-refractivity contribution in [3.63, 3.8) is 0 Å². The van der Waals surface area contributed by atoms with Crippen LogP contribution in [0.1, 0.15) is 63.6 Å². The Hall–Kier alpha value is -3.52. The number of fused-ring (bicyclic) bond motifs is 1. The molecule has 0 aliphatic heterocycles. The van der Waals surface area contributed by atoms with Gasteiger partial charge in [0.2, 0.25) is 0 Å². The fraction of sp³-hybridized carbons (Fsp3) is 0.280. The van der Waals surface area contributed by atoms with Gasteiger partial charge >= 0.3 is 0 Å². The van der Waals surface area contributed by atoms with Gasteiger partial charge in [0, 0.05) is 23.0 Å². The summed E-state index contributed by atoms with van der Waals surface area (Å²) >= 11 is 1.39. The number of thiophene rings is 1. The number of carbonyl (C=O) groups excluding carboxylic acids is 2. The molecule has 4 aromatic rings. The van der Waals surface area contributed by atoms with Gasteiger partial charge in [-0.3, -0.25) is 9.59 Å². The predicted octanol–water partition coefficient (Wildman–Crippen LogP) is 5.38. The molecular formula is C25H26N4O3S. The lowest BCUT2D eigenvalue weighted by molar-refractivity contribution is 0.0953. The van der Waals surface area contributed by atoms with Crippen molar-refractivity contribution in [1.82, 2.24) is 15.3 Å². The van der Waals surface area contributed by atoms with E-state index in [4.69, 9.17) is 9.40 Å². The highest BCUT2D eigenvalue weighted by molar-refractivity contribution is 7.20. The fourth-order valence-electron chi connectivity index (χ4n) is 3.51. The third kappa shape index (κ3) is 4.80. The van der Waals surface area contributed by atoms with Crippen molar-refractivity contribution in [3.8, 4) is 0 Å². The standard InChI is InChI=1S/C25H26N4O3S/c1-14-19-15(2)27-24(25(3,4)5)29-23(19)33-20(14)22(31)26-13-16-8-6-9-17(12-16)28-21(30)18-10-7-11-32-18/h6-12H,13H2,1-5H3,(H,26,31)(H,28,30). The Labute approximate surface area is 196 Å². The number of hydrogen-bond donors (Lipinski definition) is 2. The van der Waals surface area contributed by atoms with Gasteiger partial charge in [0.1, 0.15) is 10.7 Å². The van der Waals surface area contributed by atoms with Gasteiger partial charge in [-0.25, -0.2) is 9.97 Å². The van der Waals surface area contributed by atoms with E-state index in [0.717, 1.165) is 32.9 Å². The summed E-state index contributed by atoms with van der Waals surface area (Å²) in [5.74, 6) is 0.529. The van der Waals surface area contributed by atoms with Gasteiger partial charge in [-0.2, -0.15) is 0 Å². The van der Waals surface area contributed by atoms with Gasteiger partial charge in [0.15, 0.2) is 5.76 Å². The molecule has 8 heteroatoms. The minimum absolute atomic E-state index is 0.155. The minimum Gasteiger partial charge on any atom is -0.459 e. The molecule has 0 atom stereocenters. The van der Waals surface area contributed by atoms with Crippen LogP contribution < -0.4 is 10.6 Å². The third-order valence-corrected chi connectivity index (χ3v) is 6.42. The average molecular weight is 463 g/mol. The van der Waals surface area contributed by atoms with Crippen molar-refractivity contribution in [2.24, 2.45) is 0 Å². The third-order valence-electron chi connectivity index (χ3n) is 5.23. The Morgan fingerprint density at radius 1 is 1.06 bits per heavy atom. The second-order valence-electron chi connectivity index (χ2n) is 8.93. The number of aryl methyl sites for hydroxylation is 2. The van der Waals surface area contributed by atoms with E-state index in [0.29, 0.717) is 17.1 Å². The van der Waals surface area contributed by atoms with Crippen LogP contribution in [0.4, 0.5) is 5.69 Å². The zero-order chi connectivity index (χ0) is 23.8. The van der Waals surface area contributed by atoms with Crippen molar-refractivity contribution < 1.29 is 14.0 Å². The van der Waals surface area contributed by atoms with E-state index in [2.05, 4.69) is 36.4 Å². The van der Waals surface area contributed by atoms with Crippen LogP contribution in [-0.2, 0) is 12.0 Å². The number of amides is 2. The molecular weight excluding hydrogens is 436 g/mol. The molecule has 2 amide bonds. The molecule has 170 valence electrons. The number of anilines is 1. The van der Waals surface area contributed by atoms with E-state index >= 15 is 0 Å². The van der Waals surface area contributed by atoms with Gasteiger partial charge in [0.05, 0.1) is 16.8 Å². The van der Waals surface area contributed by atoms with Crippen molar-refractivity contribution in [2.45, 2.75) is 46.6 Å². The molecule has 2 N–H and O–H groups in total. The maximum absolute atomic E-state index is 13.0. The van der Waals surface area contributed by atoms with E-state index in [1.54, 1.807) is 18.2 Å². The average Bonchev–Trinajstić information content (AvgIpc) is 3.40. The first-order valence-electron chi connectivity index (χ1n) is 10.6. The zero-order valence-electron chi connectivity index (χ0n) is 19.3. The molecule has 0 saturated carbocycles. The van der Waals surface area contributed by atoms with E-state index < -0.39 is 0 Å². The van der Waals surface area contributed by atoms with Crippen LogP contribution in [0.25, 0.3) is 10.2 Å². The van der Waals surface area contributed by atoms with E-state index in [-0.39, 0.29) is 23.0 Å². The highest BCUT2D eigenvalue weighted by Gasteiger charge is 2.23. The summed E-state index contributed by atoms with van der Waals surface area (Å²) in [5.41, 5.74) is 3.10. The Bertz CT molecular complexity index is 1330. The molecule has 4 rings (SSSR count). The van der Waals surface area contributed by atoms with E-state index in [9.17, 15) is 9.59 Å². The largest absolute Gasteiger partial charge is 0.459 e. The minimum atomic E-state index is -0.326. The lowest BCUT2D eigenvalue weighted by atomic mass is 9.95. The molecule has 0 unspecified atom stereocenters. The van der Waals surface area contributed by atoms with Gasteiger partial charge in [-0.15, -0.1) is 11.3 Å². The van der Waals surface area contributed by atoms with Crippen LogP contribution in [0.2, 0.25) is 0 Å². The summed E-state index contributed by atoms with van der Waals surface area (Å²) in [6.07, 6.45) is 1.45. The van der Waals surface area contributed by atoms with Gasteiger partial charge in [-0.05, 0) is 49.2 Å². The van der Waals surface area contributed by atoms with Gasteiger partial charge in [-0.1, -0.05) is 32.9 Å². The molecule has 0 aliphatic rings. The van der Waals surface area contributed by atoms with Crippen LogP contribution in [0.5, 0.6) is 0 Å². The van der Waals surface area contributed by atoms with Crippen molar-refractivity contribution in [2.75, 3.05) is 5.32 Å². The molecule has 33 heavy (non-hydrogen) atoms. The topological polar surface area (TPSA) is 97.1 Å². The molecule has 0 saturated heterocycles. The van der Waals surface area contributed by atoms with Crippen LogP contribution >= 0.6 is 11.3 Å². The fourth-order valence-corrected chi connectivity index (χ4v) is 4.66. The number of nitrogens with one attached hydrogen (secondary N) is 2. The highest BCUT2D eigenvalue weighted by atomic mass is 32.1. The number of hydrogen-bond acceptors (Lipinski definition) is 6. The van der Waals surface area contributed by atoms with Crippen LogP contribution in [0.3, 0.4) is 0 Å². The number of nitrogens with zero attached hydrogens (tertiary/aromatic N) is 2. The Kier molecular flexibility index (Phi) is 6.03. The molecule has 3 aromatic heterocycles. The summed E-state index contributed by atoms with van der Waals surface area (Å²) in [6.45, 7) is 10.5. The van der Waals surface area contributed by atoms with Crippen molar-refractivity contribution >= 4 is 39.1 Å². The van der Waals surface area contributed by atoms with E-state index in [1.165, 1.54) is 17.6 Å². The maximum atomic E-state index is 13.0. The SMILES string of the molecule is Cc1nc(C(C)(C)C)nc2sc(C(=O)NCc3cccc(NC(=O)c4ccco4)c3)c(C)c12. The first-order chi connectivity index (χ1) is 15.6. The molecule has 0 aliphatic carbocycles. The molecule has 1 aromatic carbocycles. The molecule has 0 bridgehead atoms. The molecule has 7 nitrogen and oxygen atoms in total. The number of furan rings is 1. The van der Waals surface area contributed by atoms with Crippen LogP contribution in [0, 0.1) is 13.8 Å². The summed E-state index contributed by atoms with van der Waals surface area (Å²) in [5, 5.41) is 6.72. The Morgan fingerprint density at radius 2 is 1.85 bits per heavy atom. The molecule has 0 spiro atoms. The summed E-state index contributed by atoms with van der Waals surface area (Å²) in [4.78, 5) is 36.0. The highest BCUT2D eigenvalue weighted by Crippen LogP contribution is 2.33. The zero-order valence-corrected chi connectivity index (χ0v) is 20.1. The molecule has 0 radical (unpaired) electrons. The molecule has 0 fully saturated rings. The first-order valence-corrected chi connectivity index (χ1v) is 11.5. The number of aromatic nitrogens is 2. The van der Waals surface area contributed by atoms with Gasteiger partial charge in [0.25, 0.3) is 11.8 Å². The summed E-state index contributed by atoms with van der Waals surface area (Å²) < 4.78 is 5.12. The second kappa shape index (κ2) is 8.78. The van der Waals surface area contributed by atoms with Crippen LogP contribution in [-0.4, -0.2) is 21.8 Å². The Morgan fingerprint density at radius 3 is 2.55 bits per heavy atom. The molecule has 3 heterocycles. The monoisotopic (exact) mass is 462 g/mol. The first kappa shape index (κ1) is 22.7. The Balaban J connectivity index is 1.49. The smallest absolute Gasteiger partial charge is 0.291 e. The second-order valence-corrected chi connectivity index (χ2v) is 9.93. The summed E-state index contributed by atoms with van der Waals surface area (Å²) in [6, 6.07) is 10.6. The van der Waals surface area contributed by atoms with E-state index in [1.807, 2.05) is 32.0 Å². The van der Waals surface area contributed by atoms with Crippen molar-refractivity contribution in [3.05, 3.63) is 75.9 Å². The lowest BCUT2D eigenvalue weighted by Crippen LogP contribution is -2.22. The number of benzene rings is 1.